The highest BCUT2D eigenvalue weighted by atomic mass is 16.5. The predicted octanol–water partition coefficient (Wildman–Crippen LogP) is 2.55. The Balaban J connectivity index is 2.31. The standard InChI is InChI=1S/C14H19N3O/c1-10-7-13(12(8-15)11(2)16-10)17-14(3)5-4-6-18-9-14/h7H,4-6,9H2,1-3H3,(H,16,17). The summed E-state index contributed by atoms with van der Waals surface area (Å²) in [6.07, 6.45) is 2.10. The van der Waals surface area contributed by atoms with Crippen molar-refractivity contribution in [3.8, 4) is 6.07 Å². The maximum Gasteiger partial charge on any atom is 0.103 e. The minimum absolute atomic E-state index is 0.0932. The highest BCUT2D eigenvalue weighted by Crippen LogP contribution is 2.27. The lowest BCUT2D eigenvalue weighted by atomic mass is 9.94. The Labute approximate surface area is 108 Å². The maximum atomic E-state index is 9.24. The van der Waals surface area contributed by atoms with Crippen LogP contribution in [0.1, 0.15) is 36.7 Å². The summed E-state index contributed by atoms with van der Waals surface area (Å²) in [5.74, 6) is 0. The average Bonchev–Trinajstić information content (AvgIpc) is 2.28. The highest BCUT2D eigenvalue weighted by molar-refractivity contribution is 5.61. The van der Waals surface area contributed by atoms with Crippen molar-refractivity contribution in [3.63, 3.8) is 0 Å². The average molecular weight is 245 g/mol. The van der Waals surface area contributed by atoms with Crippen molar-refractivity contribution in [2.24, 2.45) is 0 Å². The minimum Gasteiger partial charge on any atom is -0.379 e. The highest BCUT2D eigenvalue weighted by Gasteiger charge is 2.28. The molecule has 1 atom stereocenters. The normalized spacial score (nSPS) is 23.4. The van der Waals surface area contributed by atoms with Gasteiger partial charge < -0.3 is 10.1 Å². The van der Waals surface area contributed by atoms with Crippen LogP contribution in [0.5, 0.6) is 0 Å². The third kappa shape index (κ3) is 2.62. The summed E-state index contributed by atoms with van der Waals surface area (Å²) in [6.45, 7) is 7.46. The second-order valence-corrected chi connectivity index (χ2v) is 5.23. The second kappa shape index (κ2) is 4.95. The van der Waals surface area contributed by atoms with Gasteiger partial charge in [-0.05, 0) is 39.7 Å². The number of hydrogen-bond acceptors (Lipinski definition) is 4. The Morgan fingerprint density at radius 1 is 1.50 bits per heavy atom. The number of rotatable bonds is 2. The van der Waals surface area contributed by atoms with Gasteiger partial charge in [-0.15, -0.1) is 0 Å². The fourth-order valence-corrected chi connectivity index (χ4v) is 2.43. The number of ether oxygens (including phenoxy) is 1. The zero-order valence-corrected chi connectivity index (χ0v) is 11.2. The number of nitrogens with one attached hydrogen (secondary N) is 1. The molecule has 4 heteroatoms. The van der Waals surface area contributed by atoms with Crippen molar-refractivity contribution in [1.82, 2.24) is 4.98 Å². The molecule has 1 fully saturated rings. The molecule has 2 heterocycles. The van der Waals surface area contributed by atoms with Gasteiger partial charge in [0.2, 0.25) is 0 Å². The minimum atomic E-state index is -0.0932. The van der Waals surface area contributed by atoms with E-state index < -0.39 is 0 Å². The molecule has 0 aromatic carbocycles. The number of anilines is 1. The van der Waals surface area contributed by atoms with Crippen LogP contribution in [0.3, 0.4) is 0 Å². The van der Waals surface area contributed by atoms with Crippen molar-refractivity contribution < 1.29 is 4.74 Å². The van der Waals surface area contributed by atoms with E-state index in [1.54, 1.807) is 0 Å². The fourth-order valence-electron chi connectivity index (χ4n) is 2.43. The number of nitriles is 1. The predicted molar refractivity (Wildman–Crippen MR) is 70.5 cm³/mol. The first-order valence-electron chi connectivity index (χ1n) is 6.28. The number of pyridine rings is 1. The Kier molecular flexibility index (Phi) is 3.53. The van der Waals surface area contributed by atoms with Crippen LogP contribution in [0, 0.1) is 25.2 Å². The van der Waals surface area contributed by atoms with Crippen molar-refractivity contribution in [1.29, 1.82) is 5.26 Å². The first kappa shape index (κ1) is 12.8. The molecule has 1 unspecified atom stereocenters. The van der Waals surface area contributed by atoms with Gasteiger partial charge in [0.1, 0.15) is 6.07 Å². The Morgan fingerprint density at radius 2 is 2.28 bits per heavy atom. The Hall–Kier alpha value is -1.60. The molecule has 1 aliphatic rings. The van der Waals surface area contributed by atoms with Crippen LogP contribution in [0.4, 0.5) is 5.69 Å². The van der Waals surface area contributed by atoms with Crippen molar-refractivity contribution in [3.05, 3.63) is 23.0 Å². The lowest BCUT2D eigenvalue weighted by Crippen LogP contribution is -2.43. The number of nitrogens with zero attached hydrogens (tertiary/aromatic N) is 2. The van der Waals surface area contributed by atoms with Gasteiger partial charge in [-0.2, -0.15) is 5.26 Å². The van der Waals surface area contributed by atoms with Crippen molar-refractivity contribution in [2.45, 2.75) is 39.2 Å². The van der Waals surface area contributed by atoms with Gasteiger partial charge in [0.15, 0.2) is 0 Å². The van der Waals surface area contributed by atoms with Crippen LogP contribution in [-0.4, -0.2) is 23.7 Å². The van der Waals surface area contributed by atoms with Gasteiger partial charge in [-0.1, -0.05) is 0 Å². The first-order chi connectivity index (χ1) is 8.54. The van der Waals surface area contributed by atoms with Gasteiger partial charge in [0, 0.05) is 12.3 Å². The number of aromatic nitrogens is 1. The largest absolute Gasteiger partial charge is 0.379 e. The summed E-state index contributed by atoms with van der Waals surface area (Å²) < 4.78 is 5.53. The van der Waals surface area contributed by atoms with Crippen LogP contribution in [0.2, 0.25) is 0 Å². The monoisotopic (exact) mass is 245 g/mol. The summed E-state index contributed by atoms with van der Waals surface area (Å²) in [6, 6.07) is 4.17. The summed E-state index contributed by atoms with van der Waals surface area (Å²) >= 11 is 0. The van der Waals surface area contributed by atoms with Gasteiger partial charge in [-0.3, -0.25) is 4.98 Å². The molecule has 0 amide bonds. The number of aryl methyl sites for hydroxylation is 2. The van der Waals surface area contributed by atoms with Gasteiger partial charge >= 0.3 is 0 Å². The Bertz CT molecular complexity index is 485. The molecular weight excluding hydrogens is 226 g/mol. The van der Waals surface area contributed by atoms with Crippen molar-refractivity contribution >= 4 is 5.69 Å². The lowest BCUT2D eigenvalue weighted by molar-refractivity contribution is 0.0540. The van der Waals surface area contributed by atoms with E-state index in [-0.39, 0.29) is 5.54 Å². The zero-order valence-electron chi connectivity index (χ0n) is 11.2. The molecule has 0 spiro atoms. The van der Waals surface area contributed by atoms with E-state index in [1.807, 2.05) is 19.9 Å². The molecule has 0 radical (unpaired) electrons. The molecule has 18 heavy (non-hydrogen) atoms. The molecule has 4 nitrogen and oxygen atoms in total. The van der Waals surface area contributed by atoms with E-state index in [0.29, 0.717) is 12.2 Å². The van der Waals surface area contributed by atoms with Crippen molar-refractivity contribution in [2.75, 3.05) is 18.5 Å². The van der Waals surface area contributed by atoms with Crippen LogP contribution < -0.4 is 5.32 Å². The summed E-state index contributed by atoms with van der Waals surface area (Å²) in [4.78, 5) is 4.33. The fraction of sp³-hybridized carbons (Fsp3) is 0.571. The second-order valence-electron chi connectivity index (χ2n) is 5.23. The van der Waals surface area contributed by atoms with Gasteiger partial charge in [-0.25, -0.2) is 0 Å². The molecule has 96 valence electrons. The molecule has 2 rings (SSSR count). The summed E-state index contributed by atoms with van der Waals surface area (Å²) in [5.41, 5.74) is 3.11. The van der Waals surface area contributed by atoms with E-state index in [4.69, 9.17) is 4.74 Å². The van der Waals surface area contributed by atoms with Gasteiger partial charge in [0.25, 0.3) is 0 Å². The molecule has 0 aliphatic carbocycles. The van der Waals surface area contributed by atoms with E-state index in [9.17, 15) is 5.26 Å². The smallest absolute Gasteiger partial charge is 0.103 e. The molecule has 1 aromatic rings. The molecule has 1 aromatic heterocycles. The van der Waals surface area contributed by atoms with E-state index in [2.05, 4.69) is 23.3 Å². The molecule has 1 aliphatic heterocycles. The van der Waals surface area contributed by atoms with Crippen LogP contribution >= 0.6 is 0 Å². The summed E-state index contributed by atoms with van der Waals surface area (Å²) in [7, 11) is 0. The quantitative estimate of drug-likeness (QED) is 0.870. The topological polar surface area (TPSA) is 57.9 Å². The van der Waals surface area contributed by atoms with Crippen LogP contribution in [0.15, 0.2) is 6.07 Å². The molecule has 0 bridgehead atoms. The molecule has 1 saturated heterocycles. The van der Waals surface area contributed by atoms with Crippen LogP contribution in [0.25, 0.3) is 0 Å². The van der Waals surface area contributed by atoms with E-state index in [1.165, 1.54) is 0 Å². The zero-order chi connectivity index (χ0) is 13.2. The third-order valence-electron chi connectivity index (χ3n) is 3.31. The number of hydrogen-bond donors (Lipinski definition) is 1. The maximum absolute atomic E-state index is 9.24. The molecule has 0 saturated carbocycles. The van der Waals surface area contributed by atoms with Gasteiger partial charge in [0.05, 0.1) is 29.1 Å². The lowest BCUT2D eigenvalue weighted by Gasteiger charge is -2.35. The first-order valence-corrected chi connectivity index (χ1v) is 6.28. The SMILES string of the molecule is Cc1cc(NC2(C)CCCOC2)c(C#N)c(C)n1. The van der Waals surface area contributed by atoms with Crippen LogP contribution in [-0.2, 0) is 4.74 Å². The third-order valence-corrected chi connectivity index (χ3v) is 3.31. The van der Waals surface area contributed by atoms with E-state index >= 15 is 0 Å². The molecule has 1 N–H and O–H groups in total. The Morgan fingerprint density at radius 3 is 2.89 bits per heavy atom. The van der Waals surface area contributed by atoms with E-state index in [0.717, 1.165) is 36.5 Å². The summed E-state index contributed by atoms with van der Waals surface area (Å²) in [5, 5.41) is 12.7. The molecular formula is C14H19N3O.